The van der Waals surface area contributed by atoms with E-state index in [4.69, 9.17) is 11.6 Å². The van der Waals surface area contributed by atoms with Gasteiger partial charge < -0.3 is 0 Å². The minimum Gasteiger partial charge on any atom is -0.259 e. The van der Waals surface area contributed by atoms with Crippen LogP contribution in [0.4, 0.5) is 4.39 Å². The van der Waals surface area contributed by atoms with Crippen molar-refractivity contribution in [2.75, 3.05) is 0 Å². The van der Waals surface area contributed by atoms with E-state index >= 15 is 0 Å². The van der Waals surface area contributed by atoms with Crippen LogP contribution in [0.2, 0.25) is 4.34 Å². The number of benzene rings is 1. The Labute approximate surface area is 117 Å². The first-order valence-corrected chi connectivity index (χ1v) is 8.01. The van der Waals surface area contributed by atoms with Crippen LogP contribution in [0.3, 0.4) is 0 Å². The first-order valence-electron chi connectivity index (χ1n) is 5.43. The van der Waals surface area contributed by atoms with E-state index in [9.17, 15) is 8.60 Å². The standard InChI is InChI=1S/C13H12ClFOS2/c1-9(11-4-2-3-5-12(11)15)18(16)8-10-6-7-13(14)17-10/h2-7,9H,8H2,1H3/t9-,18-/m1/s1. The molecule has 1 aromatic heterocycles. The molecule has 0 radical (unpaired) electrons. The summed E-state index contributed by atoms with van der Waals surface area (Å²) >= 11 is 7.24. The van der Waals surface area contributed by atoms with Gasteiger partial charge in [-0.05, 0) is 25.1 Å². The first-order chi connectivity index (χ1) is 8.58. The highest BCUT2D eigenvalue weighted by molar-refractivity contribution is 7.84. The molecule has 2 aromatic rings. The molecular formula is C13H12ClFOS2. The molecule has 1 nitrogen and oxygen atoms in total. The van der Waals surface area contributed by atoms with Crippen molar-refractivity contribution in [1.82, 2.24) is 0 Å². The third-order valence-corrected chi connectivity index (χ3v) is 5.70. The molecule has 0 spiro atoms. The molecule has 0 fully saturated rings. The van der Waals surface area contributed by atoms with Crippen LogP contribution < -0.4 is 0 Å². The normalized spacial score (nSPS) is 14.4. The summed E-state index contributed by atoms with van der Waals surface area (Å²) in [6, 6.07) is 10.1. The van der Waals surface area contributed by atoms with E-state index in [1.54, 1.807) is 31.2 Å². The number of hydrogen-bond acceptors (Lipinski definition) is 2. The Morgan fingerprint density at radius 3 is 2.67 bits per heavy atom. The molecule has 0 saturated heterocycles. The van der Waals surface area contributed by atoms with Gasteiger partial charge in [0.25, 0.3) is 0 Å². The molecule has 18 heavy (non-hydrogen) atoms. The predicted molar refractivity (Wildman–Crippen MR) is 76.0 cm³/mol. The molecule has 0 N–H and O–H groups in total. The second-order valence-electron chi connectivity index (χ2n) is 3.89. The molecule has 2 rings (SSSR count). The van der Waals surface area contributed by atoms with E-state index in [1.807, 2.05) is 6.07 Å². The average molecular weight is 303 g/mol. The van der Waals surface area contributed by atoms with Crippen molar-refractivity contribution in [1.29, 1.82) is 0 Å². The molecule has 0 unspecified atom stereocenters. The van der Waals surface area contributed by atoms with Crippen LogP contribution in [-0.2, 0) is 16.6 Å². The van der Waals surface area contributed by atoms with E-state index in [-0.39, 0.29) is 11.1 Å². The van der Waals surface area contributed by atoms with Crippen molar-refractivity contribution >= 4 is 33.7 Å². The maximum Gasteiger partial charge on any atom is 0.127 e. The summed E-state index contributed by atoms with van der Waals surface area (Å²) in [5.41, 5.74) is 0.499. The van der Waals surface area contributed by atoms with Crippen LogP contribution in [-0.4, -0.2) is 4.21 Å². The van der Waals surface area contributed by atoms with Crippen LogP contribution in [0.25, 0.3) is 0 Å². The van der Waals surface area contributed by atoms with Crippen LogP contribution >= 0.6 is 22.9 Å². The van der Waals surface area contributed by atoms with Crippen molar-refractivity contribution in [3.8, 4) is 0 Å². The van der Waals surface area contributed by atoms with Gasteiger partial charge in [0.15, 0.2) is 0 Å². The highest BCUT2D eigenvalue weighted by atomic mass is 35.5. The summed E-state index contributed by atoms with van der Waals surface area (Å²) in [6.07, 6.45) is 0. The Kier molecular flexibility index (Phi) is 4.54. The Hall–Kier alpha value is -0.710. The smallest absolute Gasteiger partial charge is 0.127 e. The number of thiophene rings is 1. The maximum absolute atomic E-state index is 13.6. The summed E-state index contributed by atoms with van der Waals surface area (Å²) in [6.45, 7) is 1.78. The van der Waals surface area contributed by atoms with Gasteiger partial charge in [0.1, 0.15) is 5.82 Å². The van der Waals surface area contributed by atoms with Gasteiger partial charge in [0, 0.05) is 21.2 Å². The summed E-state index contributed by atoms with van der Waals surface area (Å²) < 4.78 is 26.5. The molecule has 96 valence electrons. The number of rotatable bonds is 4. The second-order valence-corrected chi connectivity index (χ2v) is 7.45. The summed E-state index contributed by atoms with van der Waals surface area (Å²) in [7, 11) is -1.15. The Balaban J connectivity index is 2.12. The van der Waals surface area contributed by atoms with Gasteiger partial charge in [-0.1, -0.05) is 29.8 Å². The van der Waals surface area contributed by atoms with Gasteiger partial charge in [-0.2, -0.15) is 0 Å². The van der Waals surface area contributed by atoms with E-state index in [0.717, 1.165) is 4.88 Å². The zero-order valence-corrected chi connectivity index (χ0v) is 12.1. The minimum atomic E-state index is -1.15. The molecule has 0 amide bonds. The molecule has 0 bridgehead atoms. The van der Waals surface area contributed by atoms with E-state index in [0.29, 0.717) is 15.7 Å². The van der Waals surface area contributed by atoms with Gasteiger partial charge in [-0.25, -0.2) is 4.39 Å². The van der Waals surface area contributed by atoms with Crippen LogP contribution in [0.1, 0.15) is 22.6 Å². The topological polar surface area (TPSA) is 17.1 Å². The lowest BCUT2D eigenvalue weighted by Crippen LogP contribution is -2.06. The van der Waals surface area contributed by atoms with Crippen molar-refractivity contribution < 1.29 is 8.60 Å². The molecule has 1 aromatic carbocycles. The monoisotopic (exact) mass is 302 g/mol. The fourth-order valence-corrected chi connectivity index (χ4v) is 4.21. The Morgan fingerprint density at radius 2 is 2.06 bits per heavy atom. The van der Waals surface area contributed by atoms with Crippen LogP contribution in [0.5, 0.6) is 0 Å². The number of halogens is 2. The summed E-state index contributed by atoms with van der Waals surface area (Å²) in [5, 5.41) is -0.327. The highest BCUT2D eigenvalue weighted by Gasteiger charge is 2.17. The van der Waals surface area contributed by atoms with Crippen molar-refractivity contribution in [3.63, 3.8) is 0 Å². The third kappa shape index (κ3) is 3.19. The van der Waals surface area contributed by atoms with Crippen molar-refractivity contribution in [2.24, 2.45) is 0 Å². The van der Waals surface area contributed by atoms with Crippen molar-refractivity contribution in [2.45, 2.75) is 17.9 Å². The highest BCUT2D eigenvalue weighted by Crippen LogP contribution is 2.28. The minimum absolute atomic E-state index is 0.303. The first kappa shape index (κ1) is 13.7. The fourth-order valence-electron chi connectivity index (χ4n) is 1.64. The predicted octanol–water partition coefficient (Wildman–Crippen LogP) is 4.55. The third-order valence-electron chi connectivity index (χ3n) is 2.65. The zero-order valence-electron chi connectivity index (χ0n) is 9.73. The lowest BCUT2D eigenvalue weighted by molar-refractivity contribution is 0.606. The van der Waals surface area contributed by atoms with Gasteiger partial charge in [0.2, 0.25) is 0 Å². The molecule has 0 aliphatic heterocycles. The summed E-state index contributed by atoms with van der Waals surface area (Å²) in [5.74, 6) is 0.106. The second kappa shape index (κ2) is 5.95. The van der Waals surface area contributed by atoms with Gasteiger partial charge in [0.05, 0.1) is 15.3 Å². The molecule has 2 atom stereocenters. The van der Waals surface area contributed by atoms with Gasteiger partial charge >= 0.3 is 0 Å². The van der Waals surface area contributed by atoms with E-state index < -0.39 is 10.8 Å². The van der Waals surface area contributed by atoms with Crippen LogP contribution in [0, 0.1) is 5.82 Å². The Bertz CT molecular complexity index is 568. The molecule has 0 aliphatic carbocycles. The zero-order chi connectivity index (χ0) is 13.1. The lowest BCUT2D eigenvalue weighted by atomic mass is 10.1. The molecular weight excluding hydrogens is 291 g/mol. The van der Waals surface area contributed by atoms with Crippen molar-refractivity contribution in [3.05, 3.63) is 57.0 Å². The van der Waals surface area contributed by atoms with E-state index in [1.165, 1.54) is 17.4 Å². The average Bonchev–Trinajstić information content (AvgIpc) is 2.74. The van der Waals surface area contributed by atoms with Gasteiger partial charge in [-0.15, -0.1) is 11.3 Å². The summed E-state index contributed by atoms with van der Waals surface area (Å²) in [4.78, 5) is 0.960. The molecule has 1 heterocycles. The Morgan fingerprint density at radius 1 is 1.33 bits per heavy atom. The van der Waals surface area contributed by atoms with Crippen LogP contribution in [0.15, 0.2) is 36.4 Å². The molecule has 0 aliphatic rings. The fraction of sp³-hybridized carbons (Fsp3) is 0.231. The molecule has 0 saturated carbocycles. The lowest BCUT2D eigenvalue weighted by Gasteiger charge is -2.11. The van der Waals surface area contributed by atoms with Gasteiger partial charge in [-0.3, -0.25) is 4.21 Å². The van der Waals surface area contributed by atoms with E-state index in [2.05, 4.69) is 0 Å². The molecule has 5 heteroatoms. The number of hydrogen-bond donors (Lipinski definition) is 0. The SMILES string of the molecule is C[C@H](c1ccccc1F)[S@](=O)Cc1ccc(Cl)s1. The quantitative estimate of drug-likeness (QED) is 0.809. The largest absolute Gasteiger partial charge is 0.259 e. The maximum atomic E-state index is 13.6.